The number of halogens is 2. The van der Waals surface area contributed by atoms with Gasteiger partial charge in [0, 0.05) is 17.9 Å². The second-order valence-corrected chi connectivity index (χ2v) is 5.36. The molecule has 0 amide bonds. The van der Waals surface area contributed by atoms with E-state index in [1.54, 1.807) is 0 Å². The number of nitrogen functional groups attached to an aromatic ring is 1. The molecule has 0 bridgehead atoms. The Morgan fingerprint density at radius 1 is 1.29 bits per heavy atom. The monoisotopic (exact) mass is 328 g/mol. The van der Waals surface area contributed by atoms with Crippen LogP contribution >= 0.6 is 12.4 Å². The molecule has 1 atom stereocenters. The van der Waals surface area contributed by atoms with Crippen molar-refractivity contribution in [3.05, 3.63) is 43.0 Å². The second kappa shape index (κ2) is 7.57. The van der Waals surface area contributed by atoms with Crippen LogP contribution in [0.25, 0.3) is 0 Å². The van der Waals surface area contributed by atoms with Gasteiger partial charge in [-0.1, -0.05) is 0 Å². The normalized spacial score (nSPS) is 17.2. The number of rotatable bonds is 3. The maximum atomic E-state index is 5.76. The molecular formula is C15H22Cl2N4. The van der Waals surface area contributed by atoms with Gasteiger partial charge in [-0.2, -0.15) is 0 Å². The molecule has 1 aliphatic rings. The molecule has 1 aromatic heterocycles. The highest BCUT2D eigenvalue weighted by Gasteiger charge is 2.26. The Hall–Kier alpha value is -1.39. The summed E-state index contributed by atoms with van der Waals surface area (Å²) in [7, 11) is 2.06. The van der Waals surface area contributed by atoms with Gasteiger partial charge < -0.3 is 23.0 Å². The fourth-order valence-electron chi connectivity index (χ4n) is 2.88. The average Bonchev–Trinajstić information content (AvgIpc) is 3.00. The van der Waals surface area contributed by atoms with Crippen LogP contribution < -0.4 is 27.6 Å². The van der Waals surface area contributed by atoms with Crippen LogP contribution in [-0.2, 0) is 13.6 Å². The Labute approximate surface area is 138 Å². The molecule has 0 radical (unpaired) electrons. The molecule has 1 aromatic carbocycles. The molecule has 116 valence electrons. The first-order valence-electron chi connectivity index (χ1n) is 6.85. The van der Waals surface area contributed by atoms with Crippen molar-refractivity contribution in [2.75, 3.05) is 17.2 Å². The van der Waals surface area contributed by atoms with Gasteiger partial charge in [0.05, 0.1) is 13.1 Å². The van der Waals surface area contributed by atoms with Gasteiger partial charge in [0.1, 0.15) is 18.9 Å². The van der Waals surface area contributed by atoms with E-state index in [2.05, 4.69) is 51.9 Å². The van der Waals surface area contributed by atoms with Crippen molar-refractivity contribution in [1.29, 1.82) is 0 Å². The van der Waals surface area contributed by atoms with E-state index in [9.17, 15) is 0 Å². The Kier molecular flexibility index (Phi) is 6.37. The van der Waals surface area contributed by atoms with Gasteiger partial charge >= 0.3 is 0 Å². The molecule has 4 nitrogen and oxygen atoms in total. The maximum Gasteiger partial charge on any atom is 0.243 e. The number of nitrogens with zero attached hydrogens (tertiary/aromatic N) is 3. The third kappa shape index (κ3) is 4.05. The van der Waals surface area contributed by atoms with E-state index in [0.717, 1.165) is 18.8 Å². The SMILES string of the molecule is C[n+]1ccn(CC2CCCN2c2ccc(N)cc2)c1.Cl.[Cl-]. The number of imidazole rings is 1. The van der Waals surface area contributed by atoms with Gasteiger partial charge in [-0.3, -0.25) is 0 Å². The van der Waals surface area contributed by atoms with Gasteiger partial charge in [0.25, 0.3) is 0 Å². The van der Waals surface area contributed by atoms with Crippen LogP contribution in [0.3, 0.4) is 0 Å². The minimum absolute atomic E-state index is 0. The standard InChI is InChI=1S/C15H21N4.2ClH/c1-17-9-10-18(12-17)11-15-3-2-8-19(15)14-6-4-13(16)5-7-14;;/h4-7,9-10,12,15H,2-3,8,11,16H2,1H3;2*1H/q+1;;/p-1. The number of aryl methyl sites for hydroxylation is 1. The van der Waals surface area contributed by atoms with E-state index in [4.69, 9.17) is 5.73 Å². The molecule has 1 aliphatic heterocycles. The highest BCUT2D eigenvalue weighted by molar-refractivity contribution is 5.85. The molecule has 0 spiro atoms. The summed E-state index contributed by atoms with van der Waals surface area (Å²) in [6, 6.07) is 8.81. The minimum Gasteiger partial charge on any atom is -1.00 e. The fraction of sp³-hybridized carbons (Fsp3) is 0.400. The predicted molar refractivity (Wildman–Crippen MR) is 84.1 cm³/mol. The molecule has 0 aliphatic carbocycles. The van der Waals surface area contributed by atoms with E-state index >= 15 is 0 Å². The fourth-order valence-corrected chi connectivity index (χ4v) is 2.88. The first-order chi connectivity index (χ1) is 9.22. The van der Waals surface area contributed by atoms with Crippen molar-refractivity contribution < 1.29 is 17.0 Å². The molecule has 2 aromatic rings. The maximum absolute atomic E-state index is 5.76. The highest BCUT2D eigenvalue weighted by Crippen LogP contribution is 2.27. The van der Waals surface area contributed by atoms with E-state index in [1.165, 1.54) is 18.5 Å². The molecule has 0 saturated carbocycles. The first-order valence-corrected chi connectivity index (χ1v) is 6.85. The van der Waals surface area contributed by atoms with Crippen molar-refractivity contribution in [2.24, 2.45) is 7.05 Å². The van der Waals surface area contributed by atoms with Crippen LogP contribution in [-0.4, -0.2) is 17.2 Å². The summed E-state index contributed by atoms with van der Waals surface area (Å²) in [4.78, 5) is 2.50. The lowest BCUT2D eigenvalue weighted by Gasteiger charge is -2.25. The van der Waals surface area contributed by atoms with Gasteiger partial charge in [0.2, 0.25) is 6.33 Å². The predicted octanol–water partition coefficient (Wildman–Crippen LogP) is -1.01. The Balaban J connectivity index is 0.00000110. The Morgan fingerprint density at radius 2 is 2.00 bits per heavy atom. The zero-order chi connectivity index (χ0) is 13.2. The van der Waals surface area contributed by atoms with Crippen LogP contribution in [0.15, 0.2) is 43.0 Å². The van der Waals surface area contributed by atoms with E-state index in [1.807, 2.05) is 12.1 Å². The van der Waals surface area contributed by atoms with Gasteiger partial charge in [-0.05, 0) is 37.1 Å². The lowest BCUT2D eigenvalue weighted by molar-refractivity contribution is -0.671. The van der Waals surface area contributed by atoms with Crippen LogP contribution in [0.4, 0.5) is 11.4 Å². The molecule has 6 heteroatoms. The van der Waals surface area contributed by atoms with E-state index in [0.29, 0.717) is 6.04 Å². The summed E-state index contributed by atoms with van der Waals surface area (Å²) in [6.45, 7) is 2.19. The molecule has 21 heavy (non-hydrogen) atoms. The third-order valence-electron chi connectivity index (χ3n) is 3.85. The second-order valence-electron chi connectivity index (χ2n) is 5.36. The summed E-state index contributed by atoms with van der Waals surface area (Å²) < 4.78 is 4.35. The lowest BCUT2D eigenvalue weighted by Crippen LogP contribution is -3.00. The highest BCUT2D eigenvalue weighted by atomic mass is 35.5. The molecular weight excluding hydrogens is 307 g/mol. The topological polar surface area (TPSA) is 38.1 Å². The lowest BCUT2D eigenvalue weighted by atomic mass is 10.2. The van der Waals surface area contributed by atoms with Gasteiger partial charge in [-0.25, -0.2) is 9.13 Å². The van der Waals surface area contributed by atoms with Crippen LogP contribution in [0.5, 0.6) is 0 Å². The number of nitrogens with two attached hydrogens (primary N) is 1. The van der Waals surface area contributed by atoms with Crippen molar-refractivity contribution in [1.82, 2.24) is 4.57 Å². The van der Waals surface area contributed by atoms with E-state index in [-0.39, 0.29) is 24.8 Å². The molecule has 2 N–H and O–H groups in total. The summed E-state index contributed by atoms with van der Waals surface area (Å²) in [5.74, 6) is 0. The third-order valence-corrected chi connectivity index (χ3v) is 3.85. The first kappa shape index (κ1) is 17.7. The van der Waals surface area contributed by atoms with Crippen LogP contribution in [0.2, 0.25) is 0 Å². The van der Waals surface area contributed by atoms with E-state index < -0.39 is 0 Å². The van der Waals surface area contributed by atoms with Crippen LogP contribution in [0.1, 0.15) is 12.8 Å². The Morgan fingerprint density at radius 3 is 2.62 bits per heavy atom. The molecule has 1 fully saturated rings. The zero-order valence-corrected chi connectivity index (χ0v) is 13.7. The summed E-state index contributed by atoms with van der Waals surface area (Å²) >= 11 is 0. The zero-order valence-electron chi connectivity index (χ0n) is 12.2. The molecule has 1 saturated heterocycles. The number of hydrogen-bond donors (Lipinski definition) is 1. The average molecular weight is 329 g/mol. The summed E-state index contributed by atoms with van der Waals surface area (Å²) in [5, 5.41) is 0. The van der Waals surface area contributed by atoms with Crippen molar-refractivity contribution in [3.8, 4) is 0 Å². The number of benzene rings is 1. The van der Waals surface area contributed by atoms with Crippen molar-refractivity contribution in [3.63, 3.8) is 0 Å². The van der Waals surface area contributed by atoms with Gasteiger partial charge in [-0.15, -0.1) is 12.4 Å². The largest absolute Gasteiger partial charge is 1.00 e. The van der Waals surface area contributed by atoms with Crippen LogP contribution in [0, 0.1) is 0 Å². The molecule has 1 unspecified atom stereocenters. The molecule has 2 heterocycles. The molecule has 3 rings (SSSR count). The Bertz CT molecular complexity index is 553. The smallest absolute Gasteiger partial charge is 0.243 e. The summed E-state index contributed by atoms with van der Waals surface area (Å²) in [6.07, 6.45) is 8.89. The van der Waals surface area contributed by atoms with Crippen molar-refractivity contribution >= 4 is 23.8 Å². The summed E-state index contributed by atoms with van der Waals surface area (Å²) in [5.41, 5.74) is 7.88. The quantitative estimate of drug-likeness (QED) is 0.579. The van der Waals surface area contributed by atoms with Crippen molar-refractivity contribution in [2.45, 2.75) is 25.4 Å². The minimum atomic E-state index is 0. The number of anilines is 2. The van der Waals surface area contributed by atoms with Gasteiger partial charge in [0.15, 0.2) is 0 Å². The number of hydrogen-bond acceptors (Lipinski definition) is 2. The number of aromatic nitrogens is 2.